The highest BCUT2D eigenvalue weighted by atomic mass is 35.5. The number of hydrogen-bond acceptors (Lipinski definition) is 6. The van der Waals surface area contributed by atoms with E-state index in [0.717, 1.165) is 37.2 Å². The van der Waals surface area contributed by atoms with E-state index in [2.05, 4.69) is 37.9 Å². The van der Waals surface area contributed by atoms with Crippen LogP contribution in [0.4, 0.5) is 11.5 Å². The molecule has 8 nitrogen and oxygen atoms in total. The van der Waals surface area contributed by atoms with Crippen LogP contribution in [0, 0.1) is 6.92 Å². The predicted molar refractivity (Wildman–Crippen MR) is 133 cm³/mol. The maximum Gasteiger partial charge on any atom is 0.274 e. The van der Waals surface area contributed by atoms with Crippen LogP contribution in [-0.2, 0) is 0 Å². The Hall–Kier alpha value is -3.33. The third-order valence-electron chi connectivity index (χ3n) is 5.65. The van der Waals surface area contributed by atoms with E-state index in [-0.39, 0.29) is 17.3 Å². The van der Waals surface area contributed by atoms with Gasteiger partial charge in [0, 0.05) is 30.0 Å². The summed E-state index contributed by atoms with van der Waals surface area (Å²) >= 11 is 6.12. The number of rotatable bonds is 5. The SMILES string of the molecule is Cc1ccc(NC(=O)c2cc(Cl)ccc2NC(=O)c2ccc(C3CN(C)CCCN3)cn2)nc1. The van der Waals surface area contributed by atoms with E-state index in [1.807, 2.05) is 19.1 Å². The number of benzene rings is 1. The molecule has 9 heteroatoms. The molecular formula is C25H27ClN6O2. The van der Waals surface area contributed by atoms with Crippen molar-refractivity contribution >= 4 is 34.9 Å². The van der Waals surface area contributed by atoms with Gasteiger partial charge in [0.25, 0.3) is 11.8 Å². The summed E-state index contributed by atoms with van der Waals surface area (Å²) in [6.45, 7) is 4.78. The Labute approximate surface area is 203 Å². The van der Waals surface area contributed by atoms with Crippen LogP contribution < -0.4 is 16.0 Å². The minimum atomic E-state index is -0.430. The fraction of sp³-hybridized carbons (Fsp3) is 0.280. The monoisotopic (exact) mass is 478 g/mol. The number of anilines is 2. The van der Waals surface area contributed by atoms with Crippen molar-refractivity contribution in [3.8, 4) is 0 Å². The molecule has 0 radical (unpaired) electrons. The first kappa shape index (κ1) is 23.8. The third-order valence-corrected chi connectivity index (χ3v) is 5.89. The van der Waals surface area contributed by atoms with Crippen molar-refractivity contribution in [2.24, 2.45) is 0 Å². The van der Waals surface area contributed by atoms with Crippen LogP contribution in [0.5, 0.6) is 0 Å². The fourth-order valence-electron chi connectivity index (χ4n) is 3.79. The van der Waals surface area contributed by atoms with E-state index in [1.165, 1.54) is 6.07 Å². The molecule has 3 heterocycles. The number of likely N-dealkylation sites (N-methyl/N-ethyl adjacent to an activating group) is 1. The second-order valence-corrected chi connectivity index (χ2v) is 8.85. The fourth-order valence-corrected chi connectivity index (χ4v) is 3.96. The van der Waals surface area contributed by atoms with E-state index in [0.29, 0.717) is 16.5 Å². The summed E-state index contributed by atoms with van der Waals surface area (Å²) in [4.78, 5) is 36.6. The number of aryl methyl sites for hydroxylation is 1. The number of nitrogens with zero attached hydrogens (tertiary/aromatic N) is 3. The van der Waals surface area contributed by atoms with Crippen LogP contribution >= 0.6 is 11.6 Å². The lowest BCUT2D eigenvalue weighted by Crippen LogP contribution is -2.29. The molecule has 1 aliphatic rings. The number of halogens is 1. The Morgan fingerprint density at radius 1 is 1.06 bits per heavy atom. The van der Waals surface area contributed by atoms with Crippen LogP contribution in [0.25, 0.3) is 0 Å². The van der Waals surface area contributed by atoms with E-state index >= 15 is 0 Å². The molecule has 0 spiro atoms. The summed E-state index contributed by atoms with van der Waals surface area (Å²) in [6.07, 6.45) is 4.48. The number of carbonyl (C=O) groups excluding carboxylic acids is 2. The molecule has 0 aliphatic carbocycles. The lowest BCUT2D eigenvalue weighted by Gasteiger charge is -2.20. The zero-order valence-corrected chi connectivity index (χ0v) is 19.9. The molecule has 34 heavy (non-hydrogen) atoms. The Morgan fingerprint density at radius 2 is 1.91 bits per heavy atom. The average Bonchev–Trinajstić information content (AvgIpc) is 3.06. The molecule has 1 aliphatic heterocycles. The van der Waals surface area contributed by atoms with Crippen LogP contribution in [0.3, 0.4) is 0 Å². The molecule has 1 fully saturated rings. The molecule has 1 aromatic carbocycles. The van der Waals surface area contributed by atoms with Crippen LogP contribution in [0.15, 0.2) is 54.9 Å². The van der Waals surface area contributed by atoms with Crippen molar-refractivity contribution in [2.45, 2.75) is 19.4 Å². The van der Waals surface area contributed by atoms with Gasteiger partial charge in [-0.3, -0.25) is 14.6 Å². The van der Waals surface area contributed by atoms with Gasteiger partial charge in [-0.2, -0.15) is 0 Å². The summed E-state index contributed by atoms with van der Waals surface area (Å²) in [5, 5.41) is 9.41. The largest absolute Gasteiger partial charge is 0.320 e. The van der Waals surface area contributed by atoms with Crippen LogP contribution in [-0.4, -0.2) is 53.4 Å². The quantitative estimate of drug-likeness (QED) is 0.514. The van der Waals surface area contributed by atoms with E-state index in [9.17, 15) is 9.59 Å². The molecule has 0 bridgehead atoms. The maximum absolute atomic E-state index is 12.9. The lowest BCUT2D eigenvalue weighted by molar-refractivity contribution is 0.102. The Bertz CT molecular complexity index is 1170. The maximum atomic E-state index is 12.9. The van der Waals surface area contributed by atoms with E-state index < -0.39 is 11.8 Å². The van der Waals surface area contributed by atoms with Crippen molar-refractivity contribution in [2.75, 3.05) is 37.3 Å². The van der Waals surface area contributed by atoms with Gasteiger partial charge in [0.05, 0.1) is 11.3 Å². The smallest absolute Gasteiger partial charge is 0.274 e. The summed E-state index contributed by atoms with van der Waals surface area (Å²) < 4.78 is 0. The minimum Gasteiger partial charge on any atom is -0.320 e. The van der Waals surface area contributed by atoms with Gasteiger partial charge in [0.15, 0.2) is 0 Å². The van der Waals surface area contributed by atoms with Crippen molar-refractivity contribution in [1.29, 1.82) is 0 Å². The first-order valence-electron chi connectivity index (χ1n) is 11.1. The van der Waals surface area contributed by atoms with Gasteiger partial charge < -0.3 is 20.9 Å². The van der Waals surface area contributed by atoms with Gasteiger partial charge in [0.2, 0.25) is 0 Å². The third kappa shape index (κ3) is 5.96. The molecule has 1 atom stereocenters. The predicted octanol–water partition coefficient (Wildman–Crippen LogP) is 3.91. The average molecular weight is 479 g/mol. The van der Waals surface area contributed by atoms with Gasteiger partial charge in [-0.1, -0.05) is 23.7 Å². The van der Waals surface area contributed by atoms with E-state index in [1.54, 1.807) is 36.7 Å². The van der Waals surface area contributed by atoms with Gasteiger partial charge in [-0.05, 0) is 74.9 Å². The van der Waals surface area contributed by atoms with Crippen molar-refractivity contribution < 1.29 is 9.59 Å². The molecule has 2 amide bonds. The van der Waals surface area contributed by atoms with Gasteiger partial charge in [-0.25, -0.2) is 4.98 Å². The van der Waals surface area contributed by atoms with Gasteiger partial charge in [-0.15, -0.1) is 0 Å². The lowest BCUT2D eigenvalue weighted by atomic mass is 10.1. The highest BCUT2D eigenvalue weighted by Gasteiger charge is 2.19. The topological polar surface area (TPSA) is 99.2 Å². The summed E-state index contributed by atoms with van der Waals surface area (Å²) in [7, 11) is 2.10. The number of aromatic nitrogens is 2. The second-order valence-electron chi connectivity index (χ2n) is 8.42. The zero-order chi connectivity index (χ0) is 24.1. The van der Waals surface area contributed by atoms with Crippen LogP contribution in [0.2, 0.25) is 5.02 Å². The van der Waals surface area contributed by atoms with Gasteiger partial charge in [0.1, 0.15) is 11.5 Å². The first-order chi connectivity index (χ1) is 16.4. The Morgan fingerprint density at radius 3 is 2.65 bits per heavy atom. The Kier molecular flexibility index (Phi) is 7.52. The molecule has 3 N–H and O–H groups in total. The molecule has 1 saturated heterocycles. The molecule has 0 saturated carbocycles. The van der Waals surface area contributed by atoms with E-state index in [4.69, 9.17) is 11.6 Å². The normalized spacial score (nSPS) is 16.5. The summed E-state index contributed by atoms with van der Waals surface area (Å²) in [5.41, 5.74) is 2.83. The molecule has 1 unspecified atom stereocenters. The number of amides is 2. The van der Waals surface area contributed by atoms with Gasteiger partial charge >= 0.3 is 0 Å². The Balaban J connectivity index is 1.48. The summed E-state index contributed by atoms with van der Waals surface area (Å²) in [6, 6.07) is 12.1. The summed E-state index contributed by atoms with van der Waals surface area (Å²) in [5.74, 6) is -0.439. The number of carbonyl (C=O) groups is 2. The van der Waals surface area contributed by atoms with Crippen LogP contribution in [0.1, 0.15) is 44.4 Å². The molecule has 2 aromatic heterocycles. The number of nitrogens with one attached hydrogen (secondary N) is 3. The zero-order valence-electron chi connectivity index (χ0n) is 19.1. The number of hydrogen-bond donors (Lipinski definition) is 3. The highest BCUT2D eigenvalue weighted by Crippen LogP contribution is 2.23. The number of pyridine rings is 2. The van der Waals surface area contributed by atoms with Crippen molar-refractivity contribution in [1.82, 2.24) is 20.2 Å². The second kappa shape index (κ2) is 10.7. The van der Waals surface area contributed by atoms with Crippen molar-refractivity contribution in [3.63, 3.8) is 0 Å². The minimum absolute atomic E-state index is 0.166. The molecule has 176 valence electrons. The standard InChI is InChI=1S/C25H27ClN6O2/c1-16-4-9-23(29-13-16)31-24(33)19-12-18(26)6-8-20(19)30-25(34)21-7-5-17(14-28-21)22-15-32(2)11-3-10-27-22/h4-9,12-14,22,27H,3,10-11,15H2,1-2H3,(H,30,34)(H,29,31,33). The molecular weight excluding hydrogens is 452 g/mol. The molecule has 4 rings (SSSR count). The highest BCUT2D eigenvalue weighted by molar-refractivity contribution is 6.31. The molecule has 3 aromatic rings. The van der Waals surface area contributed by atoms with Crippen molar-refractivity contribution in [3.05, 3.63) is 82.3 Å². The first-order valence-corrected chi connectivity index (χ1v) is 11.5.